The Balaban J connectivity index is 0.00000247. The fourth-order valence-electron chi connectivity index (χ4n) is 4.53. The summed E-state index contributed by atoms with van der Waals surface area (Å²) in [6.45, 7) is 8.43. The summed E-state index contributed by atoms with van der Waals surface area (Å²) in [6, 6.07) is 9.65. The van der Waals surface area contributed by atoms with Crippen molar-refractivity contribution in [3.05, 3.63) is 53.1 Å². The van der Waals surface area contributed by atoms with Gasteiger partial charge in [-0.15, -0.1) is 0 Å². The lowest BCUT2D eigenvalue weighted by molar-refractivity contribution is -0.140. The average Bonchev–Trinajstić information content (AvgIpc) is 3.33. The molecule has 3 atom stereocenters. The maximum atomic E-state index is 12.3. The molecule has 0 aliphatic carbocycles. The maximum Gasteiger partial charge on any atom is 0.330 e. The Morgan fingerprint density at radius 2 is 1.47 bits per heavy atom. The van der Waals surface area contributed by atoms with Gasteiger partial charge < -0.3 is 33.2 Å². The van der Waals surface area contributed by atoms with Crippen molar-refractivity contribution < 1.29 is 38.0 Å². The first-order valence-electron chi connectivity index (χ1n) is 12.8. The molecule has 1 saturated heterocycles. The molecule has 1 fully saturated rings. The van der Waals surface area contributed by atoms with Gasteiger partial charge in [-0.2, -0.15) is 0 Å². The molecule has 0 bridgehead atoms. The molecule has 0 amide bonds. The van der Waals surface area contributed by atoms with Crippen LogP contribution in [0.5, 0.6) is 28.7 Å². The van der Waals surface area contributed by atoms with Gasteiger partial charge in [0.25, 0.3) is 0 Å². The molecule has 38 heavy (non-hydrogen) atoms. The number of hydrogen-bond donors (Lipinski definition) is 0. The molecule has 0 saturated carbocycles. The van der Waals surface area contributed by atoms with Crippen LogP contribution in [0.15, 0.2) is 42.0 Å². The quantitative estimate of drug-likeness (QED) is 0.266. The number of esters is 1. The van der Waals surface area contributed by atoms with Crippen LogP contribution in [0, 0.1) is 11.8 Å². The molecule has 8 nitrogen and oxygen atoms in total. The maximum absolute atomic E-state index is 12.3. The summed E-state index contributed by atoms with van der Waals surface area (Å²) < 4.78 is 39.4. The molecule has 2 aromatic carbocycles. The average molecular weight is 531 g/mol. The summed E-state index contributed by atoms with van der Waals surface area (Å²) in [7, 11) is 7.95. The lowest BCUT2D eigenvalue weighted by Gasteiger charge is -2.24. The van der Waals surface area contributed by atoms with Gasteiger partial charge in [-0.25, -0.2) is 4.79 Å². The van der Waals surface area contributed by atoms with Crippen molar-refractivity contribution in [3.8, 4) is 28.7 Å². The second-order valence-electron chi connectivity index (χ2n) is 8.88. The van der Waals surface area contributed by atoms with Gasteiger partial charge in [0.1, 0.15) is 0 Å². The number of carbonyl (C=O) groups excluding carboxylic acids is 1. The van der Waals surface area contributed by atoms with E-state index in [4.69, 9.17) is 33.2 Å². The Bertz CT molecular complexity index is 1050. The monoisotopic (exact) mass is 530 g/mol. The molecule has 210 valence electrons. The van der Waals surface area contributed by atoms with E-state index in [1.807, 2.05) is 58.0 Å². The number of benzene rings is 2. The summed E-state index contributed by atoms with van der Waals surface area (Å²) in [4.78, 5) is 12.3. The number of hydrogen-bond acceptors (Lipinski definition) is 8. The summed E-state index contributed by atoms with van der Waals surface area (Å²) in [5.41, 5.74) is 2.82. The van der Waals surface area contributed by atoms with Gasteiger partial charge in [-0.05, 0) is 61.6 Å². The first-order chi connectivity index (χ1) is 18.3. The third-order valence-corrected chi connectivity index (χ3v) is 6.27. The van der Waals surface area contributed by atoms with Crippen molar-refractivity contribution in [2.75, 3.05) is 48.8 Å². The topological polar surface area (TPSA) is 81.7 Å². The predicted octanol–water partition coefficient (Wildman–Crippen LogP) is 5.81. The predicted molar refractivity (Wildman–Crippen MR) is 147 cm³/mol. The zero-order chi connectivity index (χ0) is 28.2. The van der Waals surface area contributed by atoms with Crippen LogP contribution in [-0.4, -0.2) is 54.7 Å². The fourth-order valence-corrected chi connectivity index (χ4v) is 4.53. The van der Waals surface area contributed by atoms with E-state index in [-0.39, 0.29) is 30.5 Å². The Kier molecular flexibility index (Phi) is 12.3. The van der Waals surface area contributed by atoms with Crippen LogP contribution < -0.4 is 23.7 Å². The first-order valence-corrected chi connectivity index (χ1v) is 12.8. The molecule has 2 aromatic rings. The van der Waals surface area contributed by atoms with E-state index < -0.39 is 0 Å². The van der Waals surface area contributed by atoms with Crippen LogP contribution in [0.25, 0.3) is 0 Å². The molecule has 1 unspecified atom stereocenters. The Morgan fingerprint density at radius 3 is 2.00 bits per heavy atom. The van der Waals surface area contributed by atoms with Gasteiger partial charge in [0.05, 0.1) is 54.9 Å². The van der Waals surface area contributed by atoms with Gasteiger partial charge in [0.2, 0.25) is 5.75 Å². The molecule has 1 heterocycles. The van der Waals surface area contributed by atoms with Gasteiger partial charge in [0.15, 0.2) is 23.0 Å². The smallest absolute Gasteiger partial charge is 0.330 e. The van der Waals surface area contributed by atoms with Crippen molar-refractivity contribution in [1.29, 1.82) is 0 Å². The van der Waals surface area contributed by atoms with Gasteiger partial charge >= 0.3 is 5.97 Å². The van der Waals surface area contributed by atoms with Crippen molar-refractivity contribution in [3.63, 3.8) is 0 Å². The molecule has 1 aliphatic rings. The zero-order valence-corrected chi connectivity index (χ0v) is 24.1. The highest BCUT2D eigenvalue weighted by atomic mass is 16.5. The van der Waals surface area contributed by atoms with Crippen molar-refractivity contribution in [2.24, 2.45) is 11.8 Å². The molecule has 3 rings (SSSR count). The summed E-state index contributed by atoms with van der Waals surface area (Å²) >= 11 is 0. The molecule has 8 heteroatoms. The van der Waals surface area contributed by atoms with Crippen LogP contribution in [-0.2, 0) is 20.7 Å². The molecule has 0 spiro atoms. The van der Waals surface area contributed by atoms with Crippen LogP contribution in [0.2, 0.25) is 0 Å². The third kappa shape index (κ3) is 7.57. The Labute approximate surface area is 226 Å². The minimum absolute atomic E-state index is 0.0895. The Hall–Kier alpha value is -3.39. The minimum atomic E-state index is -0.365. The second-order valence-corrected chi connectivity index (χ2v) is 8.88. The normalized spacial score (nSPS) is 18.0. The largest absolute Gasteiger partial charge is 0.493 e. The first kappa shape index (κ1) is 30.8. The molecule has 1 aliphatic heterocycles. The van der Waals surface area contributed by atoms with Crippen molar-refractivity contribution in [2.45, 2.75) is 40.2 Å². The van der Waals surface area contributed by atoms with E-state index in [1.54, 1.807) is 35.5 Å². The molecular weight excluding hydrogens is 488 g/mol. The highest BCUT2D eigenvalue weighted by Gasteiger charge is 2.40. The number of carbonyl (C=O) groups is 1. The molecule has 0 N–H and O–H groups in total. The summed E-state index contributed by atoms with van der Waals surface area (Å²) in [5, 5.41) is 0. The van der Waals surface area contributed by atoms with E-state index in [0.29, 0.717) is 41.8 Å². The zero-order valence-electron chi connectivity index (χ0n) is 24.1. The SMILES string of the molecule is CC.COc1ccc(C[C@H]2COC(c3cc(OC)c(OC)c(OC)c3)[C@H]2COC(=O)C=C(C)C)cc1OC. The summed E-state index contributed by atoms with van der Waals surface area (Å²) in [5.74, 6) is 2.55. The van der Waals surface area contributed by atoms with Crippen molar-refractivity contribution in [1.82, 2.24) is 0 Å². The second kappa shape index (κ2) is 15.1. The number of allylic oxidation sites excluding steroid dienone is 1. The van der Waals surface area contributed by atoms with Gasteiger partial charge in [0, 0.05) is 12.0 Å². The van der Waals surface area contributed by atoms with Gasteiger partial charge in [-0.1, -0.05) is 25.5 Å². The standard InChI is InChI=1S/C28H36O8.C2H6/c1-17(2)10-26(29)35-16-21-20(11-18-8-9-22(30-3)23(12-18)31-4)15-36-27(21)19-13-24(32-5)28(34-7)25(14-19)33-6;1-2/h8-10,12-14,20-21,27H,11,15-16H2,1-7H3;1-2H3/t20-,21-,27?;/m0./s1. The van der Waals surface area contributed by atoms with E-state index in [1.165, 1.54) is 6.08 Å². The highest BCUT2D eigenvalue weighted by molar-refractivity contribution is 5.82. The van der Waals surface area contributed by atoms with Crippen molar-refractivity contribution >= 4 is 5.97 Å². The lowest BCUT2D eigenvalue weighted by atomic mass is 9.84. The number of rotatable bonds is 11. The minimum Gasteiger partial charge on any atom is -0.493 e. The number of methoxy groups -OCH3 is 5. The Morgan fingerprint density at radius 1 is 0.868 bits per heavy atom. The number of ether oxygens (including phenoxy) is 7. The lowest BCUT2D eigenvalue weighted by Crippen LogP contribution is -2.24. The third-order valence-electron chi connectivity index (χ3n) is 6.27. The molecule has 0 radical (unpaired) electrons. The fraction of sp³-hybridized carbons (Fsp3) is 0.500. The summed E-state index contributed by atoms with van der Waals surface area (Å²) in [6.07, 6.45) is 1.88. The van der Waals surface area contributed by atoms with Crippen LogP contribution in [0.4, 0.5) is 0 Å². The van der Waals surface area contributed by atoms with Crippen LogP contribution in [0.3, 0.4) is 0 Å². The van der Waals surface area contributed by atoms with E-state index >= 15 is 0 Å². The highest BCUT2D eigenvalue weighted by Crippen LogP contribution is 2.46. The van der Waals surface area contributed by atoms with E-state index in [0.717, 1.165) is 16.7 Å². The van der Waals surface area contributed by atoms with E-state index in [2.05, 4.69) is 0 Å². The van der Waals surface area contributed by atoms with E-state index in [9.17, 15) is 4.79 Å². The van der Waals surface area contributed by atoms with Gasteiger partial charge in [-0.3, -0.25) is 0 Å². The van der Waals surface area contributed by atoms with Crippen LogP contribution in [0.1, 0.15) is 44.9 Å². The molecular formula is C30H42O8. The van der Waals surface area contributed by atoms with Crippen LogP contribution >= 0.6 is 0 Å². The molecule has 0 aromatic heterocycles.